The fourth-order valence-corrected chi connectivity index (χ4v) is 3.13. The number of H-pyrrole nitrogens is 1. The van der Waals surface area contributed by atoms with E-state index >= 15 is 0 Å². The number of nitrogens with zero attached hydrogens (tertiary/aromatic N) is 2. The van der Waals surface area contributed by atoms with Crippen molar-refractivity contribution in [3.8, 4) is 0 Å². The third kappa shape index (κ3) is 4.28. The minimum Gasteiger partial charge on any atom is -0.333 e. The number of hydrazone groups is 1. The Kier molecular flexibility index (Phi) is 5.19. The van der Waals surface area contributed by atoms with E-state index in [1.807, 2.05) is 37.3 Å². The Labute approximate surface area is 150 Å². The molecule has 0 aliphatic rings. The average molecular weight is 352 g/mol. The zero-order valence-corrected chi connectivity index (χ0v) is 15.2. The molecule has 0 saturated heterocycles. The SMILES string of the molecule is Cc1ccccc1/C=N\NC(=O)c1ccc2nc(SC(C)C)[nH]c2c1. The second kappa shape index (κ2) is 7.53. The molecule has 0 aliphatic heterocycles. The molecule has 0 fully saturated rings. The molecular weight excluding hydrogens is 332 g/mol. The maximum absolute atomic E-state index is 12.3. The predicted octanol–water partition coefficient (Wildman–Crippen LogP) is 4.14. The fraction of sp³-hybridized carbons (Fsp3) is 0.211. The summed E-state index contributed by atoms with van der Waals surface area (Å²) in [5, 5.41) is 5.35. The zero-order valence-electron chi connectivity index (χ0n) is 14.4. The number of benzene rings is 2. The van der Waals surface area contributed by atoms with Gasteiger partial charge in [-0.25, -0.2) is 10.4 Å². The van der Waals surface area contributed by atoms with Gasteiger partial charge in [-0.2, -0.15) is 5.10 Å². The summed E-state index contributed by atoms with van der Waals surface area (Å²) in [6.45, 7) is 6.23. The van der Waals surface area contributed by atoms with Crippen molar-refractivity contribution >= 4 is 34.9 Å². The highest BCUT2D eigenvalue weighted by Crippen LogP contribution is 2.23. The topological polar surface area (TPSA) is 70.1 Å². The van der Waals surface area contributed by atoms with E-state index in [0.717, 1.165) is 27.3 Å². The number of rotatable bonds is 5. The van der Waals surface area contributed by atoms with E-state index < -0.39 is 0 Å². The number of fused-ring (bicyclic) bond motifs is 1. The smallest absolute Gasteiger partial charge is 0.271 e. The highest BCUT2D eigenvalue weighted by Gasteiger charge is 2.09. The van der Waals surface area contributed by atoms with Crippen LogP contribution in [-0.4, -0.2) is 27.3 Å². The summed E-state index contributed by atoms with van der Waals surface area (Å²) < 4.78 is 0. The number of aryl methyl sites for hydroxylation is 1. The quantitative estimate of drug-likeness (QED) is 0.412. The molecule has 0 radical (unpaired) electrons. The Morgan fingerprint density at radius 2 is 2.08 bits per heavy atom. The molecule has 3 aromatic rings. The fourth-order valence-electron chi connectivity index (χ4n) is 2.36. The first-order chi connectivity index (χ1) is 12.0. The molecular formula is C19H20N4OS. The zero-order chi connectivity index (χ0) is 17.8. The van der Waals surface area contributed by atoms with Gasteiger partial charge in [0.05, 0.1) is 17.2 Å². The molecule has 25 heavy (non-hydrogen) atoms. The summed E-state index contributed by atoms with van der Waals surface area (Å²) in [4.78, 5) is 20.0. The van der Waals surface area contributed by atoms with E-state index in [1.165, 1.54) is 0 Å². The van der Waals surface area contributed by atoms with E-state index in [2.05, 4.69) is 34.3 Å². The number of aromatic nitrogens is 2. The molecule has 1 heterocycles. The number of nitrogens with one attached hydrogen (secondary N) is 2. The summed E-state index contributed by atoms with van der Waals surface area (Å²) in [5.74, 6) is -0.251. The minimum absolute atomic E-state index is 0.251. The number of carbonyl (C=O) groups is 1. The lowest BCUT2D eigenvalue weighted by molar-refractivity contribution is 0.0955. The van der Waals surface area contributed by atoms with Crippen LogP contribution in [-0.2, 0) is 0 Å². The number of hydrogen-bond donors (Lipinski definition) is 2. The Hall–Kier alpha value is -2.60. The third-order valence-electron chi connectivity index (χ3n) is 3.63. The molecule has 0 aliphatic carbocycles. The summed E-state index contributed by atoms with van der Waals surface area (Å²) >= 11 is 1.66. The van der Waals surface area contributed by atoms with Crippen LogP contribution in [0.5, 0.6) is 0 Å². The van der Waals surface area contributed by atoms with Gasteiger partial charge in [0.25, 0.3) is 5.91 Å². The van der Waals surface area contributed by atoms with Gasteiger partial charge in [0.2, 0.25) is 0 Å². The Morgan fingerprint density at radius 1 is 1.28 bits per heavy atom. The molecule has 0 spiro atoms. The summed E-state index contributed by atoms with van der Waals surface area (Å²) in [7, 11) is 0. The van der Waals surface area contributed by atoms with Gasteiger partial charge in [-0.15, -0.1) is 0 Å². The molecule has 0 unspecified atom stereocenters. The molecule has 6 heteroatoms. The summed E-state index contributed by atoms with van der Waals surface area (Å²) in [6.07, 6.45) is 1.65. The number of hydrogen-bond acceptors (Lipinski definition) is 4. The van der Waals surface area contributed by atoms with Gasteiger partial charge in [0.15, 0.2) is 5.16 Å². The van der Waals surface area contributed by atoms with E-state index in [-0.39, 0.29) is 5.91 Å². The van der Waals surface area contributed by atoms with Crippen LogP contribution in [0.2, 0.25) is 0 Å². The maximum Gasteiger partial charge on any atom is 0.271 e. The second-order valence-corrected chi connectivity index (χ2v) is 7.56. The van der Waals surface area contributed by atoms with Crippen molar-refractivity contribution in [1.82, 2.24) is 15.4 Å². The van der Waals surface area contributed by atoms with Crippen LogP contribution < -0.4 is 5.43 Å². The molecule has 5 nitrogen and oxygen atoms in total. The summed E-state index contributed by atoms with van der Waals surface area (Å²) in [5.41, 5.74) is 6.89. The van der Waals surface area contributed by atoms with Crippen molar-refractivity contribution in [3.63, 3.8) is 0 Å². The third-order valence-corrected chi connectivity index (χ3v) is 4.52. The molecule has 2 N–H and O–H groups in total. The van der Waals surface area contributed by atoms with Gasteiger partial charge in [0.1, 0.15) is 0 Å². The number of thioether (sulfide) groups is 1. The van der Waals surface area contributed by atoms with Crippen LogP contribution in [0, 0.1) is 6.92 Å². The first kappa shape index (κ1) is 17.2. The van der Waals surface area contributed by atoms with Gasteiger partial charge < -0.3 is 4.98 Å². The second-order valence-electron chi connectivity index (χ2n) is 6.00. The first-order valence-corrected chi connectivity index (χ1v) is 8.96. The van der Waals surface area contributed by atoms with Crippen LogP contribution in [0.15, 0.2) is 52.7 Å². The first-order valence-electron chi connectivity index (χ1n) is 8.08. The Morgan fingerprint density at radius 3 is 2.84 bits per heavy atom. The molecule has 0 saturated carbocycles. The van der Waals surface area contributed by atoms with Crippen molar-refractivity contribution in [3.05, 3.63) is 59.2 Å². The molecule has 1 amide bonds. The molecule has 1 aromatic heterocycles. The molecule has 0 atom stereocenters. The number of amides is 1. The number of carbonyl (C=O) groups excluding carboxylic acids is 1. The monoisotopic (exact) mass is 352 g/mol. The van der Waals surface area contributed by atoms with Crippen molar-refractivity contribution < 1.29 is 4.79 Å². The van der Waals surface area contributed by atoms with Crippen molar-refractivity contribution in [2.24, 2.45) is 5.10 Å². The lowest BCUT2D eigenvalue weighted by Crippen LogP contribution is -2.17. The van der Waals surface area contributed by atoms with Crippen molar-refractivity contribution in [2.75, 3.05) is 0 Å². The van der Waals surface area contributed by atoms with Crippen LogP contribution in [0.25, 0.3) is 11.0 Å². The standard InChI is InChI=1S/C19H20N4OS/c1-12(2)25-19-21-16-9-8-14(10-17(16)22-19)18(24)23-20-11-15-7-5-4-6-13(15)3/h4-12H,1-3H3,(H,21,22)(H,23,24)/b20-11-. The maximum atomic E-state index is 12.3. The van der Waals surface area contributed by atoms with Crippen LogP contribution in [0.4, 0.5) is 0 Å². The van der Waals surface area contributed by atoms with Crippen LogP contribution >= 0.6 is 11.8 Å². The molecule has 0 bridgehead atoms. The van der Waals surface area contributed by atoms with E-state index in [9.17, 15) is 4.79 Å². The van der Waals surface area contributed by atoms with Crippen molar-refractivity contribution in [1.29, 1.82) is 0 Å². The normalized spacial score (nSPS) is 11.5. The highest BCUT2D eigenvalue weighted by molar-refractivity contribution is 7.99. The Balaban J connectivity index is 1.72. The van der Waals surface area contributed by atoms with Crippen LogP contribution in [0.3, 0.4) is 0 Å². The molecule has 2 aromatic carbocycles. The average Bonchev–Trinajstić information content (AvgIpc) is 2.96. The van der Waals surface area contributed by atoms with Gasteiger partial charge in [-0.1, -0.05) is 49.9 Å². The largest absolute Gasteiger partial charge is 0.333 e. The highest BCUT2D eigenvalue weighted by atomic mass is 32.2. The van der Waals surface area contributed by atoms with Gasteiger partial charge in [-0.05, 0) is 36.2 Å². The van der Waals surface area contributed by atoms with Gasteiger partial charge in [0, 0.05) is 10.8 Å². The van der Waals surface area contributed by atoms with Crippen LogP contribution in [0.1, 0.15) is 35.3 Å². The van der Waals surface area contributed by atoms with E-state index in [4.69, 9.17) is 0 Å². The number of aromatic amines is 1. The predicted molar refractivity (Wildman–Crippen MR) is 103 cm³/mol. The molecule has 128 valence electrons. The lowest BCUT2D eigenvalue weighted by atomic mass is 10.1. The van der Waals surface area contributed by atoms with Gasteiger partial charge >= 0.3 is 0 Å². The minimum atomic E-state index is -0.251. The van der Waals surface area contributed by atoms with Gasteiger partial charge in [-0.3, -0.25) is 4.79 Å². The Bertz CT molecular complexity index is 930. The summed E-state index contributed by atoms with van der Waals surface area (Å²) in [6, 6.07) is 13.3. The van der Waals surface area contributed by atoms with Crippen molar-refractivity contribution in [2.45, 2.75) is 31.2 Å². The lowest BCUT2D eigenvalue weighted by Gasteiger charge is -2.01. The van der Waals surface area contributed by atoms with E-state index in [1.54, 1.807) is 30.1 Å². The number of imidazole rings is 1. The molecule has 3 rings (SSSR count). The van der Waals surface area contributed by atoms with E-state index in [0.29, 0.717) is 10.8 Å².